The summed E-state index contributed by atoms with van der Waals surface area (Å²) < 4.78 is 28.3. The molecular formula is C21H22N4O2S. The van der Waals surface area contributed by atoms with Crippen LogP contribution in [-0.4, -0.2) is 29.8 Å². The number of aromatic nitrogens is 2. The van der Waals surface area contributed by atoms with Crippen LogP contribution >= 0.6 is 0 Å². The predicted molar refractivity (Wildman–Crippen MR) is 111 cm³/mol. The van der Waals surface area contributed by atoms with Crippen molar-refractivity contribution in [1.82, 2.24) is 9.78 Å². The summed E-state index contributed by atoms with van der Waals surface area (Å²) in [5.74, 6) is 0.809. The van der Waals surface area contributed by atoms with E-state index in [1.54, 1.807) is 40.2 Å². The van der Waals surface area contributed by atoms with Crippen molar-refractivity contribution in [2.45, 2.75) is 31.7 Å². The number of aryl methyl sites for hydroxylation is 1. The number of rotatable bonds is 3. The summed E-state index contributed by atoms with van der Waals surface area (Å²) in [6.07, 6.45) is 1.78. The minimum Gasteiger partial charge on any atom is -0.247 e. The molecule has 0 saturated carbocycles. The molecule has 2 heterocycles. The summed E-state index contributed by atoms with van der Waals surface area (Å²) in [5, 5.41) is 10.9. The SMILES string of the molecule is CCN1N=C(S(=O)(=O)c2ccc(C)cc2)C(C)n2ncc(-c3ccccc3)c21. The number of benzene rings is 2. The molecule has 0 saturated heterocycles. The normalized spacial score (nSPS) is 16.6. The summed E-state index contributed by atoms with van der Waals surface area (Å²) in [6.45, 7) is 6.23. The standard InChI is InChI=1S/C21H22N4O2S/c1-4-24-21-19(17-8-6-5-7-9-17)14-22-25(21)16(3)20(23-24)28(26,27)18-12-10-15(2)11-13-18/h5-14,16H,4H2,1-3H3. The van der Waals surface area contributed by atoms with Crippen molar-refractivity contribution in [1.29, 1.82) is 0 Å². The molecule has 0 spiro atoms. The minimum atomic E-state index is -3.72. The van der Waals surface area contributed by atoms with Gasteiger partial charge >= 0.3 is 0 Å². The third-order valence-electron chi connectivity index (χ3n) is 4.95. The predicted octanol–water partition coefficient (Wildman–Crippen LogP) is 4.05. The van der Waals surface area contributed by atoms with Gasteiger partial charge in [0.15, 0.2) is 10.9 Å². The van der Waals surface area contributed by atoms with Gasteiger partial charge in [-0.3, -0.25) is 0 Å². The first kappa shape index (κ1) is 18.4. The first-order valence-corrected chi connectivity index (χ1v) is 10.7. The first-order chi connectivity index (χ1) is 13.4. The highest BCUT2D eigenvalue weighted by molar-refractivity contribution is 8.06. The third-order valence-corrected chi connectivity index (χ3v) is 6.81. The van der Waals surface area contributed by atoms with Gasteiger partial charge in [-0.05, 0) is 38.5 Å². The average Bonchev–Trinajstić information content (AvgIpc) is 3.15. The van der Waals surface area contributed by atoms with Crippen LogP contribution in [0.25, 0.3) is 11.1 Å². The number of sulfone groups is 1. The smallest absolute Gasteiger partial charge is 0.223 e. The second-order valence-electron chi connectivity index (χ2n) is 6.84. The third kappa shape index (κ3) is 2.92. The molecule has 1 unspecified atom stereocenters. The Hall–Kier alpha value is -2.93. The van der Waals surface area contributed by atoms with Crippen molar-refractivity contribution in [3.8, 4) is 11.1 Å². The molecule has 0 amide bonds. The lowest BCUT2D eigenvalue weighted by atomic mass is 10.1. The quantitative estimate of drug-likeness (QED) is 0.672. The number of hydrogen-bond acceptors (Lipinski definition) is 5. The van der Waals surface area contributed by atoms with Gasteiger partial charge in [0, 0.05) is 12.1 Å². The van der Waals surface area contributed by atoms with Crippen LogP contribution in [0.4, 0.5) is 5.82 Å². The van der Waals surface area contributed by atoms with E-state index >= 15 is 0 Å². The Balaban J connectivity index is 1.83. The zero-order chi connectivity index (χ0) is 19.9. The van der Waals surface area contributed by atoms with Crippen LogP contribution in [0.2, 0.25) is 0 Å². The van der Waals surface area contributed by atoms with Gasteiger partial charge in [-0.2, -0.15) is 10.2 Å². The van der Waals surface area contributed by atoms with Crippen LogP contribution in [0.5, 0.6) is 0 Å². The van der Waals surface area contributed by atoms with E-state index in [1.807, 2.05) is 51.1 Å². The van der Waals surface area contributed by atoms with Crippen LogP contribution in [0, 0.1) is 6.92 Å². The maximum absolute atomic E-state index is 13.3. The minimum absolute atomic E-state index is 0.105. The van der Waals surface area contributed by atoms with E-state index in [0.29, 0.717) is 6.54 Å². The Morgan fingerprint density at radius 1 is 1.04 bits per heavy atom. The molecule has 1 aliphatic rings. The zero-order valence-corrected chi connectivity index (χ0v) is 16.9. The second-order valence-corrected chi connectivity index (χ2v) is 8.74. The Kier molecular flexibility index (Phi) is 4.55. The number of fused-ring (bicyclic) bond motifs is 1. The topological polar surface area (TPSA) is 67.6 Å². The van der Waals surface area contributed by atoms with Crippen LogP contribution in [0.1, 0.15) is 25.5 Å². The van der Waals surface area contributed by atoms with Gasteiger partial charge in [0.2, 0.25) is 9.84 Å². The molecule has 1 aromatic heterocycles. The molecule has 1 aliphatic heterocycles. The lowest BCUT2D eigenvalue weighted by Gasteiger charge is -2.30. The fourth-order valence-corrected chi connectivity index (χ4v) is 4.90. The Morgan fingerprint density at radius 3 is 2.36 bits per heavy atom. The number of hydrazone groups is 1. The van der Waals surface area contributed by atoms with Crippen molar-refractivity contribution >= 4 is 20.7 Å². The largest absolute Gasteiger partial charge is 0.247 e. The van der Waals surface area contributed by atoms with E-state index in [2.05, 4.69) is 10.2 Å². The summed E-state index contributed by atoms with van der Waals surface area (Å²) in [6, 6.07) is 16.3. The maximum atomic E-state index is 13.3. The van der Waals surface area contributed by atoms with E-state index in [9.17, 15) is 8.42 Å². The molecule has 144 valence electrons. The molecule has 28 heavy (non-hydrogen) atoms. The molecule has 0 bridgehead atoms. The van der Waals surface area contributed by atoms with E-state index in [1.165, 1.54) is 0 Å². The molecule has 4 rings (SSSR count). The lowest BCUT2D eigenvalue weighted by molar-refractivity contribution is 0.567. The summed E-state index contributed by atoms with van der Waals surface area (Å²) >= 11 is 0. The van der Waals surface area contributed by atoms with Gasteiger partial charge < -0.3 is 0 Å². The van der Waals surface area contributed by atoms with Crippen molar-refractivity contribution in [2.24, 2.45) is 5.10 Å². The first-order valence-electron chi connectivity index (χ1n) is 9.24. The van der Waals surface area contributed by atoms with Gasteiger partial charge in [0.05, 0.1) is 11.1 Å². The van der Waals surface area contributed by atoms with E-state index < -0.39 is 15.9 Å². The highest BCUT2D eigenvalue weighted by atomic mass is 32.2. The zero-order valence-electron chi connectivity index (χ0n) is 16.1. The number of anilines is 1. The van der Waals surface area contributed by atoms with Crippen LogP contribution < -0.4 is 5.01 Å². The highest BCUT2D eigenvalue weighted by Crippen LogP contribution is 2.37. The number of nitrogens with zero attached hydrogens (tertiary/aromatic N) is 4. The van der Waals surface area contributed by atoms with Gasteiger partial charge in [0.25, 0.3) is 0 Å². The van der Waals surface area contributed by atoms with E-state index in [4.69, 9.17) is 0 Å². The summed E-state index contributed by atoms with van der Waals surface area (Å²) in [4.78, 5) is 0.249. The Labute approximate surface area is 165 Å². The molecule has 2 aromatic carbocycles. The van der Waals surface area contributed by atoms with Crippen LogP contribution in [0.3, 0.4) is 0 Å². The van der Waals surface area contributed by atoms with Gasteiger partial charge in [-0.15, -0.1) is 0 Å². The van der Waals surface area contributed by atoms with Crippen LogP contribution in [0.15, 0.2) is 70.8 Å². The average molecular weight is 395 g/mol. The van der Waals surface area contributed by atoms with Gasteiger partial charge in [-0.1, -0.05) is 48.0 Å². The van der Waals surface area contributed by atoms with Gasteiger partial charge in [0.1, 0.15) is 6.04 Å². The van der Waals surface area contributed by atoms with Crippen LogP contribution in [-0.2, 0) is 9.84 Å². The molecule has 7 heteroatoms. The lowest BCUT2D eigenvalue weighted by Crippen LogP contribution is -2.36. The van der Waals surface area contributed by atoms with E-state index in [-0.39, 0.29) is 9.94 Å². The van der Waals surface area contributed by atoms with Crippen molar-refractivity contribution in [3.63, 3.8) is 0 Å². The fourth-order valence-electron chi connectivity index (χ4n) is 3.41. The molecular weight excluding hydrogens is 372 g/mol. The fraction of sp³-hybridized carbons (Fsp3) is 0.238. The van der Waals surface area contributed by atoms with E-state index in [0.717, 1.165) is 22.5 Å². The Bertz CT molecular complexity index is 1130. The molecule has 0 fully saturated rings. The van der Waals surface area contributed by atoms with Crippen molar-refractivity contribution in [3.05, 3.63) is 66.4 Å². The molecule has 1 atom stereocenters. The monoisotopic (exact) mass is 394 g/mol. The summed E-state index contributed by atoms with van der Waals surface area (Å²) in [7, 11) is -3.72. The molecule has 0 aliphatic carbocycles. The molecule has 0 N–H and O–H groups in total. The summed E-state index contributed by atoms with van der Waals surface area (Å²) in [5.41, 5.74) is 2.97. The van der Waals surface area contributed by atoms with Crippen molar-refractivity contribution < 1.29 is 8.42 Å². The molecule has 6 nitrogen and oxygen atoms in total. The maximum Gasteiger partial charge on any atom is 0.223 e. The second kappa shape index (κ2) is 6.91. The van der Waals surface area contributed by atoms with Crippen molar-refractivity contribution in [2.75, 3.05) is 11.6 Å². The Morgan fingerprint density at radius 2 is 1.71 bits per heavy atom. The molecule has 3 aromatic rings. The van der Waals surface area contributed by atoms with Gasteiger partial charge in [-0.25, -0.2) is 18.1 Å². The number of hydrogen-bond donors (Lipinski definition) is 0. The highest BCUT2D eigenvalue weighted by Gasteiger charge is 2.36. The molecule has 0 radical (unpaired) electrons.